The first-order valence-corrected chi connectivity index (χ1v) is 3.26. The van der Waals surface area contributed by atoms with Crippen LogP contribution in [-0.4, -0.2) is 23.0 Å². The molecule has 0 N–H and O–H groups in total. The first-order chi connectivity index (χ1) is 4.89. The van der Waals surface area contributed by atoms with Crippen LogP contribution in [-0.2, 0) is 0 Å². The van der Waals surface area contributed by atoms with E-state index < -0.39 is 12.0 Å². The van der Waals surface area contributed by atoms with Crippen LogP contribution in [0.1, 0.15) is 0 Å². The largest absolute Gasteiger partial charge is 0.450 e. The van der Waals surface area contributed by atoms with Crippen molar-refractivity contribution >= 4 is 22.0 Å². The molecule has 0 fully saturated rings. The van der Waals surface area contributed by atoms with E-state index in [-0.39, 0.29) is 0 Å². The zero-order valence-corrected chi connectivity index (χ0v) is 7.28. The summed E-state index contributed by atoms with van der Waals surface area (Å²) in [6.45, 7) is 3.06. The van der Waals surface area contributed by atoms with Crippen molar-refractivity contribution in [3.05, 3.63) is 12.8 Å². The molecule has 0 bridgehead atoms. The topological polar surface area (TPSA) is 15.6 Å². The highest BCUT2D eigenvalue weighted by Crippen LogP contribution is 2.20. The molecular formula is C5H6BrF3N2. The fraction of sp³-hybridized carbons (Fsp3) is 0.400. The molecular weight excluding hydrogens is 225 g/mol. The smallest absolute Gasteiger partial charge is 0.292 e. The van der Waals surface area contributed by atoms with Crippen LogP contribution < -0.4 is 0 Å². The van der Waals surface area contributed by atoms with E-state index in [0.717, 1.165) is 6.20 Å². The van der Waals surface area contributed by atoms with Crippen LogP contribution in [0.2, 0.25) is 0 Å². The number of rotatable bonds is 1. The van der Waals surface area contributed by atoms with Gasteiger partial charge in [-0.2, -0.15) is 13.2 Å². The zero-order chi connectivity index (χ0) is 9.07. The number of hydrogen-bond acceptors (Lipinski definition) is 1. The van der Waals surface area contributed by atoms with E-state index in [4.69, 9.17) is 0 Å². The molecule has 0 rings (SSSR count). The van der Waals surface area contributed by atoms with Crippen LogP contribution in [0.5, 0.6) is 0 Å². The third-order valence-electron chi connectivity index (χ3n) is 0.759. The van der Waals surface area contributed by atoms with E-state index in [1.54, 1.807) is 0 Å². The summed E-state index contributed by atoms with van der Waals surface area (Å²) in [5.74, 6) is -1.03. The van der Waals surface area contributed by atoms with Crippen LogP contribution >= 0.6 is 16.1 Å². The van der Waals surface area contributed by atoms with Crippen molar-refractivity contribution < 1.29 is 13.2 Å². The standard InChI is InChI=1S/C5H6BrF3N2/c1-3-10-4(11(2)6)5(7,8)9/h3H,1H2,2H3. The van der Waals surface area contributed by atoms with E-state index in [2.05, 4.69) is 27.7 Å². The Labute approximate surface area is 70.7 Å². The summed E-state index contributed by atoms with van der Waals surface area (Å²) in [4.78, 5) is 3.03. The van der Waals surface area contributed by atoms with Gasteiger partial charge in [0.25, 0.3) is 0 Å². The third kappa shape index (κ3) is 3.41. The second-order valence-corrected chi connectivity index (χ2v) is 2.67. The molecule has 0 spiro atoms. The minimum absolute atomic E-state index is 0.703. The van der Waals surface area contributed by atoms with Crippen molar-refractivity contribution in [3.63, 3.8) is 0 Å². The SMILES string of the molecule is C=CN=C(N(C)Br)C(F)(F)F. The predicted octanol–water partition coefficient (Wildman–Crippen LogP) is 2.33. The van der Waals surface area contributed by atoms with Gasteiger partial charge in [-0.3, -0.25) is 3.93 Å². The lowest BCUT2D eigenvalue weighted by Gasteiger charge is -2.14. The summed E-state index contributed by atoms with van der Waals surface area (Å²) in [6.07, 6.45) is -3.62. The first-order valence-electron chi connectivity index (χ1n) is 2.55. The summed E-state index contributed by atoms with van der Waals surface area (Å²) in [6, 6.07) is 0. The summed E-state index contributed by atoms with van der Waals surface area (Å²) < 4.78 is 36.4. The Morgan fingerprint density at radius 1 is 1.64 bits per heavy atom. The Balaban J connectivity index is 4.62. The Kier molecular flexibility index (Phi) is 3.57. The molecule has 0 saturated carbocycles. The summed E-state index contributed by atoms with van der Waals surface area (Å²) in [5, 5.41) is 0. The second-order valence-electron chi connectivity index (χ2n) is 1.61. The first kappa shape index (κ1) is 10.5. The van der Waals surface area contributed by atoms with E-state index in [9.17, 15) is 13.2 Å². The highest BCUT2D eigenvalue weighted by atomic mass is 79.9. The van der Waals surface area contributed by atoms with E-state index in [1.165, 1.54) is 7.05 Å². The van der Waals surface area contributed by atoms with Gasteiger partial charge >= 0.3 is 6.18 Å². The summed E-state index contributed by atoms with van der Waals surface area (Å²) in [7, 11) is 1.19. The van der Waals surface area contributed by atoms with Gasteiger partial charge in [0, 0.05) is 13.2 Å². The normalized spacial score (nSPS) is 13.0. The number of nitrogens with zero attached hydrogens (tertiary/aromatic N) is 2. The average molecular weight is 231 g/mol. The molecule has 0 aromatic carbocycles. The van der Waals surface area contributed by atoms with Gasteiger partial charge in [0.05, 0.1) is 16.1 Å². The van der Waals surface area contributed by atoms with Crippen molar-refractivity contribution in [2.24, 2.45) is 4.99 Å². The molecule has 2 nitrogen and oxygen atoms in total. The molecule has 0 aliphatic rings. The molecule has 0 unspecified atom stereocenters. The molecule has 6 heteroatoms. The molecule has 0 aliphatic heterocycles. The number of hydrogen-bond donors (Lipinski definition) is 0. The minimum Gasteiger partial charge on any atom is -0.292 e. The lowest BCUT2D eigenvalue weighted by molar-refractivity contribution is -0.0642. The van der Waals surface area contributed by atoms with E-state index >= 15 is 0 Å². The Hall–Kier alpha value is -0.520. The number of alkyl halides is 3. The van der Waals surface area contributed by atoms with Crippen LogP contribution in [0.4, 0.5) is 13.2 Å². The molecule has 0 aromatic heterocycles. The van der Waals surface area contributed by atoms with Crippen LogP contribution in [0, 0.1) is 0 Å². The van der Waals surface area contributed by atoms with Gasteiger partial charge in [-0.25, -0.2) is 4.99 Å². The number of aliphatic imine (C=N–C) groups is 1. The average Bonchev–Trinajstić information content (AvgIpc) is 1.79. The van der Waals surface area contributed by atoms with Gasteiger partial charge in [0.1, 0.15) is 0 Å². The maximum Gasteiger partial charge on any atom is 0.450 e. The maximum atomic E-state index is 11.9. The Morgan fingerprint density at radius 3 is 2.18 bits per heavy atom. The fourth-order valence-corrected chi connectivity index (χ4v) is 0.707. The number of amidine groups is 1. The molecule has 0 aliphatic carbocycles. The third-order valence-corrected chi connectivity index (χ3v) is 1.09. The van der Waals surface area contributed by atoms with Gasteiger partial charge in [-0.15, -0.1) is 0 Å². The molecule has 64 valence electrons. The molecule has 0 radical (unpaired) electrons. The fourth-order valence-electron chi connectivity index (χ4n) is 0.414. The van der Waals surface area contributed by atoms with Crippen molar-refractivity contribution in [3.8, 4) is 0 Å². The van der Waals surface area contributed by atoms with Gasteiger partial charge < -0.3 is 0 Å². The lowest BCUT2D eigenvalue weighted by Crippen LogP contribution is -2.32. The van der Waals surface area contributed by atoms with Gasteiger partial charge in [-0.05, 0) is 0 Å². The molecule has 0 amide bonds. The second kappa shape index (κ2) is 3.75. The lowest BCUT2D eigenvalue weighted by atomic mass is 10.6. The van der Waals surface area contributed by atoms with Gasteiger partial charge in [0.15, 0.2) is 0 Å². The highest BCUT2D eigenvalue weighted by Gasteiger charge is 2.37. The van der Waals surface area contributed by atoms with E-state index in [0.29, 0.717) is 3.93 Å². The maximum absolute atomic E-state index is 11.9. The molecule has 0 aromatic rings. The molecule has 0 atom stereocenters. The highest BCUT2D eigenvalue weighted by molar-refractivity contribution is 9.07. The summed E-state index contributed by atoms with van der Waals surface area (Å²) in [5.41, 5.74) is 0. The monoisotopic (exact) mass is 230 g/mol. The van der Waals surface area contributed by atoms with Crippen LogP contribution in [0.15, 0.2) is 17.8 Å². The van der Waals surface area contributed by atoms with Crippen molar-refractivity contribution in [1.82, 2.24) is 3.93 Å². The van der Waals surface area contributed by atoms with Gasteiger partial charge in [-0.1, -0.05) is 6.58 Å². The van der Waals surface area contributed by atoms with Gasteiger partial charge in [0.2, 0.25) is 5.84 Å². The Morgan fingerprint density at radius 2 is 2.09 bits per heavy atom. The molecule has 11 heavy (non-hydrogen) atoms. The quantitative estimate of drug-likeness (QED) is 0.384. The van der Waals surface area contributed by atoms with Crippen molar-refractivity contribution in [1.29, 1.82) is 0 Å². The van der Waals surface area contributed by atoms with Crippen LogP contribution in [0.25, 0.3) is 0 Å². The molecule has 0 heterocycles. The Bertz CT molecular complexity index is 173. The van der Waals surface area contributed by atoms with Crippen molar-refractivity contribution in [2.45, 2.75) is 6.18 Å². The molecule has 0 saturated heterocycles. The minimum atomic E-state index is -4.45. The van der Waals surface area contributed by atoms with Crippen molar-refractivity contribution in [2.75, 3.05) is 7.05 Å². The number of halogens is 4. The predicted molar refractivity (Wildman–Crippen MR) is 40.4 cm³/mol. The summed E-state index contributed by atoms with van der Waals surface area (Å²) >= 11 is 2.61. The van der Waals surface area contributed by atoms with Crippen LogP contribution in [0.3, 0.4) is 0 Å². The van der Waals surface area contributed by atoms with E-state index in [1.807, 2.05) is 0 Å². The zero-order valence-electron chi connectivity index (χ0n) is 5.69.